The van der Waals surface area contributed by atoms with E-state index in [9.17, 15) is 4.39 Å². The van der Waals surface area contributed by atoms with Gasteiger partial charge < -0.3 is 5.32 Å². The molecule has 0 aliphatic heterocycles. The fourth-order valence-corrected chi connectivity index (χ4v) is 2.61. The second-order valence-electron chi connectivity index (χ2n) is 5.15. The van der Waals surface area contributed by atoms with E-state index in [0.29, 0.717) is 18.2 Å². The molecule has 1 atom stereocenters. The number of nitrogens with one attached hydrogen (secondary N) is 1. The fraction of sp³-hybridized carbons (Fsp3) is 0.294. The van der Waals surface area contributed by atoms with Crippen molar-refractivity contribution in [2.75, 3.05) is 0 Å². The van der Waals surface area contributed by atoms with Gasteiger partial charge in [0.05, 0.1) is 0 Å². The zero-order valence-corrected chi connectivity index (χ0v) is 13.4. The Bertz CT molecular complexity index is 583. The number of hydrogen-bond acceptors (Lipinski definition) is 1. The summed E-state index contributed by atoms with van der Waals surface area (Å²) in [5.41, 5.74) is 3.33. The van der Waals surface area contributed by atoms with Crippen LogP contribution in [0.15, 0.2) is 46.9 Å². The molecule has 0 amide bonds. The Morgan fingerprint density at radius 2 is 1.90 bits per heavy atom. The first-order chi connectivity index (χ1) is 9.56. The van der Waals surface area contributed by atoms with Crippen LogP contribution in [0, 0.1) is 12.7 Å². The Hall–Kier alpha value is -1.19. The predicted molar refractivity (Wildman–Crippen MR) is 85.3 cm³/mol. The fourth-order valence-electron chi connectivity index (χ4n) is 2.20. The van der Waals surface area contributed by atoms with Gasteiger partial charge in [0.2, 0.25) is 0 Å². The molecule has 1 N–H and O–H groups in total. The summed E-state index contributed by atoms with van der Waals surface area (Å²) in [6, 6.07) is 13.7. The number of halogens is 2. The highest BCUT2D eigenvalue weighted by atomic mass is 79.9. The zero-order chi connectivity index (χ0) is 14.5. The summed E-state index contributed by atoms with van der Waals surface area (Å²) >= 11 is 3.37. The summed E-state index contributed by atoms with van der Waals surface area (Å²) in [5.74, 6) is -0.163. The van der Waals surface area contributed by atoms with Crippen molar-refractivity contribution >= 4 is 15.9 Å². The van der Waals surface area contributed by atoms with Gasteiger partial charge in [0.15, 0.2) is 0 Å². The van der Waals surface area contributed by atoms with E-state index >= 15 is 0 Å². The van der Waals surface area contributed by atoms with Crippen LogP contribution in [0.5, 0.6) is 0 Å². The number of hydrogen-bond donors (Lipinski definition) is 1. The molecule has 0 aliphatic carbocycles. The van der Waals surface area contributed by atoms with E-state index in [2.05, 4.69) is 53.3 Å². The summed E-state index contributed by atoms with van der Waals surface area (Å²) in [7, 11) is 0. The van der Waals surface area contributed by atoms with Gasteiger partial charge >= 0.3 is 0 Å². The third kappa shape index (κ3) is 4.15. The summed E-state index contributed by atoms with van der Waals surface area (Å²) in [6.07, 6.45) is 0.947. The van der Waals surface area contributed by atoms with Crippen LogP contribution in [0.4, 0.5) is 4.39 Å². The van der Waals surface area contributed by atoms with E-state index in [-0.39, 0.29) is 5.82 Å². The molecule has 2 aromatic rings. The van der Waals surface area contributed by atoms with Gasteiger partial charge in [-0.1, -0.05) is 40.2 Å². The normalized spacial score (nSPS) is 12.4. The van der Waals surface area contributed by atoms with Gasteiger partial charge in [-0.25, -0.2) is 4.39 Å². The molecule has 0 radical (unpaired) electrons. The average molecular weight is 336 g/mol. The van der Waals surface area contributed by atoms with Crippen molar-refractivity contribution in [3.05, 3.63) is 69.4 Å². The highest BCUT2D eigenvalue weighted by Crippen LogP contribution is 2.16. The van der Waals surface area contributed by atoms with Crippen molar-refractivity contribution in [1.82, 2.24) is 5.32 Å². The molecule has 1 nitrogen and oxygen atoms in total. The van der Waals surface area contributed by atoms with Crippen LogP contribution in [-0.2, 0) is 13.0 Å². The van der Waals surface area contributed by atoms with E-state index in [1.54, 1.807) is 6.07 Å². The molecule has 2 rings (SSSR count). The van der Waals surface area contributed by atoms with Crippen LogP contribution in [0.2, 0.25) is 0 Å². The molecule has 106 valence electrons. The van der Waals surface area contributed by atoms with Crippen LogP contribution in [0.25, 0.3) is 0 Å². The number of rotatable bonds is 5. The molecule has 2 aromatic carbocycles. The SMILES string of the molecule is Cc1ccccc1CC(C)NCc1cc(Br)ccc1F. The molecular weight excluding hydrogens is 317 g/mol. The molecule has 0 fully saturated rings. The highest BCUT2D eigenvalue weighted by Gasteiger charge is 2.07. The van der Waals surface area contributed by atoms with Gasteiger partial charge in [-0.3, -0.25) is 0 Å². The summed E-state index contributed by atoms with van der Waals surface area (Å²) < 4.78 is 14.6. The summed E-state index contributed by atoms with van der Waals surface area (Å²) in [4.78, 5) is 0. The Balaban J connectivity index is 1.94. The van der Waals surface area contributed by atoms with E-state index in [4.69, 9.17) is 0 Å². The third-order valence-electron chi connectivity index (χ3n) is 3.44. The third-order valence-corrected chi connectivity index (χ3v) is 3.93. The number of aryl methyl sites for hydroxylation is 1. The molecule has 1 unspecified atom stereocenters. The van der Waals surface area contributed by atoms with Gasteiger partial charge in [-0.2, -0.15) is 0 Å². The lowest BCUT2D eigenvalue weighted by atomic mass is 10.0. The molecule has 0 bridgehead atoms. The predicted octanol–water partition coefficient (Wildman–Crippen LogP) is 4.62. The zero-order valence-electron chi connectivity index (χ0n) is 11.8. The molecule has 0 saturated heterocycles. The molecule has 0 aliphatic rings. The van der Waals surface area contributed by atoms with Crippen LogP contribution in [0.1, 0.15) is 23.6 Å². The molecule has 0 aromatic heterocycles. The first kappa shape index (κ1) is 15.2. The van der Waals surface area contributed by atoms with Gasteiger partial charge in [0.25, 0.3) is 0 Å². The second-order valence-corrected chi connectivity index (χ2v) is 6.06. The van der Waals surface area contributed by atoms with Crippen LogP contribution < -0.4 is 5.32 Å². The smallest absolute Gasteiger partial charge is 0.127 e. The minimum atomic E-state index is -0.163. The lowest BCUT2D eigenvalue weighted by molar-refractivity contribution is 0.524. The van der Waals surface area contributed by atoms with Crippen LogP contribution in [0.3, 0.4) is 0 Å². The standard InChI is InChI=1S/C17H19BrFN/c1-12-5-3-4-6-14(12)9-13(2)20-11-15-10-16(18)7-8-17(15)19/h3-8,10,13,20H,9,11H2,1-2H3. The Kier molecular flexibility index (Phi) is 5.32. The molecular formula is C17H19BrFN. The van der Waals surface area contributed by atoms with Gasteiger partial charge in [-0.15, -0.1) is 0 Å². The first-order valence-corrected chi connectivity index (χ1v) is 7.57. The largest absolute Gasteiger partial charge is 0.310 e. The summed E-state index contributed by atoms with van der Waals surface area (Å²) in [5, 5.41) is 3.38. The van der Waals surface area contributed by atoms with Crippen molar-refractivity contribution in [3.8, 4) is 0 Å². The van der Waals surface area contributed by atoms with Crippen LogP contribution in [-0.4, -0.2) is 6.04 Å². The van der Waals surface area contributed by atoms with Crippen molar-refractivity contribution in [1.29, 1.82) is 0 Å². The monoisotopic (exact) mass is 335 g/mol. The van der Waals surface area contributed by atoms with E-state index in [1.807, 2.05) is 12.1 Å². The Labute approximate surface area is 128 Å². The first-order valence-electron chi connectivity index (χ1n) is 6.78. The van der Waals surface area contributed by atoms with Gasteiger partial charge in [0.1, 0.15) is 5.82 Å². The Morgan fingerprint density at radius 1 is 1.15 bits per heavy atom. The summed E-state index contributed by atoms with van der Waals surface area (Å²) in [6.45, 7) is 4.79. The molecule has 0 spiro atoms. The minimum Gasteiger partial charge on any atom is -0.310 e. The quantitative estimate of drug-likeness (QED) is 0.840. The van der Waals surface area contributed by atoms with E-state index in [1.165, 1.54) is 17.2 Å². The van der Waals surface area contributed by atoms with E-state index in [0.717, 1.165) is 10.9 Å². The maximum Gasteiger partial charge on any atom is 0.127 e. The maximum absolute atomic E-state index is 13.7. The van der Waals surface area contributed by atoms with E-state index < -0.39 is 0 Å². The Morgan fingerprint density at radius 3 is 2.65 bits per heavy atom. The van der Waals surface area contributed by atoms with Crippen molar-refractivity contribution in [3.63, 3.8) is 0 Å². The van der Waals surface area contributed by atoms with Gasteiger partial charge in [0, 0.05) is 22.6 Å². The molecule has 20 heavy (non-hydrogen) atoms. The van der Waals surface area contributed by atoms with Gasteiger partial charge in [-0.05, 0) is 49.6 Å². The number of benzene rings is 2. The van der Waals surface area contributed by atoms with Crippen molar-refractivity contribution in [2.24, 2.45) is 0 Å². The maximum atomic E-state index is 13.7. The molecule has 3 heteroatoms. The highest BCUT2D eigenvalue weighted by molar-refractivity contribution is 9.10. The minimum absolute atomic E-state index is 0.163. The lowest BCUT2D eigenvalue weighted by Crippen LogP contribution is -2.28. The van der Waals surface area contributed by atoms with Crippen LogP contribution >= 0.6 is 15.9 Å². The molecule has 0 saturated carbocycles. The second kappa shape index (κ2) is 7.00. The topological polar surface area (TPSA) is 12.0 Å². The van der Waals surface area contributed by atoms with Crippen molar-refractivity contribution < 1.29 is 4.39 Å². The average Bonchev–Trinajstić information content (AvgIpc) is 2.42. The lowest BCUT2D eigenvalue weighted by Gasteiger charge is -2.16. The van der Waals surface area contributed by atoms with Crippen molar-refractivity contribution in [2.45, 2.75) is 32.9 Å². The molecule has 0 heterocycles.